The molecule has 3 aliphatic rings. The van der Waals surface area contributed by atoms with Crippen molar-refractivity contribution in [3.05, 3.63) is 53.1 Å². The molecule has 0 spiro atoms. The molecule has 0 unspecified atom stereocenters. The van der Waals surface area contributed by atoms with Gasteiger partial charge < -0.3 is 10.2 Å². The number of nitrogens with one attached hydrogen (secondary N) is 1. The summed E-state index contributed by atoms with van der Waals surface area (Å²) < 4.78 is 28.3. The average Bonchev–Trinajstić information content (AvgIpc) is 3.63. The van der Waals surface area contributed by atoms with Gasteiger partial charge in [0.1, 0.15) is 0 Å². The molecule has 1 aliphatic carbocycles. The fraction of sp³-hybridized carbons (Fsp3) is 0.481. The Kier molecular flexibility index (Phi) is 6.21. The first kappa shape index (κ1) is 24.0. The molecule has 2 aromatic carbocycles. The predicted molar refractivity (Wildman–Crippen MR) is 136 cm³/mol. The Bertz CT molecular complexity index is 1280. The molecule has 0 radical (unpaired) electrons. The van der Waals surface area contributed by atoms with E-state index in [0.29, 0.717) is 32.4 Å². The molecule has 2 fully saturated rings. The normalized spacial score (nSPS) is 21.1. The topological polar surface area (TPSA) is 86.8 Å². The number of carbonyl (C=O) groups is 2. The zero-order chi connectivity index (χ0) is 24.9. The van der Waals surface area contributed by atoms with Crippen LogP contribution in [0, 0.1) is 25.7 Å². The first-order valence-corrected chi connectivity index (χ1v) is 13.9. The summed E-state index contributed by atoms with van der Waals surface area (Å²) in [5.74, 6) is 0.0140. The molecule has 2 heterocycles. The molecule has 5 rings (SSSR count). The van der Waals surface area contributed by atoms with E-state index < -0.39 is 10.0 Å². The second kappa shape index (κ2) is 9.06. The summed E-state index contributed by atoms with van der Waals surface area (Å²) in [5, 5.41) is 3.02. The smallest absolute Gasteiger partial charge is 0.243 e. The first-order chi connectivity index (χ1) is 16.7. The molecule has 1 atom stereocenters. The van der Waals surface area contributed by atoms with E-state index in [2.05, 4.69) is 5.32 Å². The van der Waals surface area contributed by atoms with Crippen molar-refractivity contribution in [1.82, 2.24) is 4.31 Å². The van der Waals surface area contributed by atoms with Crippen LogP contribution in [0.15, 0.2) is 41.3 Å². The van der Waals surface area contributed by atoms with E-state index in [1.54, 1.807) is 18.2 Å². The summed E-state index contributed by atoms with van der Waals surface area (Å²) in [5.41, 5.74) is 4.73. The number of amides is 2. The van der Waals surface area contributed by atoms with Gasteiger partial charge in [-0.2, -0.15) is 4.31 Å². The molecule has 7 nitrogen and oxygen atoms in total. The fourth-order valence-electron chi connectivity index (χ4n) is 5.26. The van der Waals surface area contributed by atoms with Crippen LogP contribution in [0.25, 0.3) is 0 Å². The van der Waals surface area contributed by atoms with Crippen LogP contribution in [-0.2, 0) is 26.0 Å². The lowest BCUT2D eigenvalue weighted by molar-refractivity contribution is -0.121. The van der Waals surface area contributed by atoms with Gasteiger partial charge in [0.25, 0.3) is 0 Å². The summed E-state index contributed by atoms with van der Waals surface area (Å²) in [4.78, 5) is 27.7. The van der Waals surface area contributed by atoms with E-state index in [4.69, 9.17) is 0 Å². The molecular formula is C27H33N3O4S. The third kappa shape index (κ3) is 4.49. The number of rotatable bonds is 5. The Balaban J connectivity index is 1.25. The van der Waals surface area contributed by atoms with Gasteiger partial charge in [0.2, 0.25) is 21.8 Å². The Morgan fingerprint density at radius 2 is 1.69 bits per heavy atom. The van der Waals surface area contributed by atoms with E-state index in [1.807, 2.05) is 43.9 Å². The molecule has 35 heavy (non-hydrogen) atoms. The number of fused-ring (bicyclic) bond motifs is 1. The van der Waals surface area contributed by atoms with E-state index in [-0.39, 0.29) is 34.6 Å². The maximum absolute atomic E-state index is 13.4. The van der Waals surface area contributed by atoms with Crippen LogP contribution in [0.5, 0.6) is 0 Å². The zero-order valence-electron chi connectivity index (χ0n) is 20.6. The van der Waals surface area contributed by atoms with Crippen molar-refractivity contribution >= 4 is 33.2 Å². The lowest BCUT2D eigenvalue weighted by Gasteiger charge is -2.31. The summed E-state index contributed by atoms with van der Waals surface area (Å²) in [6, 6.07) is 11.0. The zero-order valence-corrected chi connectivity index (χ0v) is 21.4. The van der Waals surface area contributed by atoms with Gasteiger partial charge in [-0.25, -0.2) is 8.42 Å². The van der Waals surface area contributed by atoms with E-state index in [0.717, 1.165) is 40.9 Å². The van der Waals surface area contributed by atoms with Crippen LogP contribution in [0.1, 0.15) is 49.3 Å². The standard InChI is InChI=1S/C27H33N3O4S/c1-17-5-4-6-24(19(17)3)28-26(31)20-11-13-29(14-12-20)35(33,34)23-9-10-25-22(16-23)15-18(2)30(25)27(32)21-7-8-21/h4-6,9-10,16,18,20-21H,7-8,11-15H2,1-3H3,(H,28,31)/t18-/m1/s1. The quantitative estimate of drug-likeness (QED) is 0.679. The number of hydrogen-bond donors (Lipinski definition) is 1. The molecule has 2 aromatic rings. The predicted octanol–water partition coefficient (Wildman–Crippen LogP) is 4.03. The van der Waals surface area contributed by atoms with Crippen LogP contribution >= 0.6 is 0 Å². The number of sulfonamides is 1. The largest absolute Gasteiger partial charge is 0.326 e. The molecule has 1 saturated carbocycles. The summed E-state index contributed by atoms with van der Waals surface area (Å²) in [7, 11) is -3.66. The molecule has 1 N–H and O–H groups in total. The molecule has 0 aromatic heterocycles. The number of aryl methyl sites for hydroxylation is 1. The maximum atomic E-state index is 13.4. The van der Waals surface area contributed by atoms with Gasteiger partial charge in [-0.15, -0.1) is 0 Å². The first-order valence-electron chi connectivity index (χ1n) is 12.5. The highest BCUT2D eigenvalue weighted by atomic mass is 32.2. The second-order valence-corrected chi connectivity index (χ2v) is 12.2. The number of anilines is 2. The Morgan fingerprint density at radius 1 is 0.971 bits per heavy atom. The lowest BCUT2D eigenvalue weighted by Crippen LogP contribution is -2.41. The van der Waals surface area contributed by atoms with Crippen molar-refractivity contribution in [3.8, 4) is 0 Å². The van der Waals surface area contributed by atoms with E-state index in [1.165, 1.54) is 4.31 Å². The minimum absolute atomic E-state index is 0.0438. The molecule has 186 valence electrons. The number of nitrogens with zero attached hydrogens (tertiary/aromatic N) is 2. The van der Waals surface area contributed by atoms with Gasteiger partial charge in [0.15, 0.2) is 0 Å². The van der Waals surface area contributed by atoms with Gasteiger partial charge in [-0.05, 0) is 93.8 Å². The number of piperidine rings is 1. The van der Waals surface area contributed by atoms with E-state index in [9.17, 15) is 18.0 Å². The Morgan fingerprint density at radius 3 is 2.37 bits per heavy atom. The molecule has 0 bridgehead atoms. The number of benzene rings is 2. The van der Waals surface area contributed by atoms with Gasteiger partial charge in [0.05, 0.1) is 4.90 Å². The molecular weight excluding hydrogens is 462 g/mol. The van der Waals surface area contributed by atoms with Crippen LogP contribution in [0.2, 0.25) is 0 Å². The van der Waals surface area contributed by atoms with Gasteiger partial charge in [0, 0.05) is 42.3 Å². The average molecular weight is 496 g/mol. The van der Waals surface area contributed by atoms with Crippen LogP contribution in [0.4, 0.5) is 11.4 Å². The van der Waals surface area contributed by atoms with Crippen molar-refractivity contribution in [2.24, 2.45) is 11.8 Å². The van der Waals surface area contributed by atoms with Crippen molar-refractivity contribution in [2.45, 2.75) is 63.8 Å². The third-order valence-corrected chi connectivity index (χ3v) is 9.65. The van der Waals surface area contributed by atoms with Crippen molar-refractivity contribution < 1.29 is 18.0 Å². The van der Waals surface area contributed by atoms with Crippen molar-refractivity contribution in [3.63, 3.8) is 0 Å². The highest BCUT2D eigenvalue weighted by Crippen LogP contribution is 2.40. The van der Waals surface area contributed by atoms with Gasteiger partial charge in [-0.3, -0.25) is 9.59 Å². The van der Waals surface area contributed by atoms with Crippen LogP contribution in [-0.4, -0.2) is 43.7 Å². The third-order valence-electron chi connectivity index (χ3n) is 7.76. The Labute approximate surface area is 207 Å². The molecule has 2 aliphatic heterocycles. The number of carbonyl (C=O) groups excluding carboxylic acids is 2. The monoisotopic (exact) mass is 495 g/mol. The lowest BCUT2D eigenvalue weighted by atomic mass is 9.97. The van der Waals surface area contributed by atoms with Crippen molar-refractivity contribution in [1.29, 1.82) is 0 Å². The van der Waals surface area contributed by atoms with Crippen molar-refractivity contribution in [2.75, 3.05) is 23.3 Å². The minimum Gasteiger partial charge on any atom is -0.326 e. The van der Waals surface area contributed by atoms with E-state index >= 15 is 0 Å². The van der Waals surface area contributed by atoms with Crippen LogP contribution < -0.4 is 10.2 Å². The molecule has 8 heteroatoms. The van der Waals surface area contributed by atoms with Gasteiger partial charge in [-0.1, -0.05) is 12.1 Å². The second-order valence-electron chi connectivity index (χ2n) is 10.2. The fourth-order valence-corrected chi connectivity index (χ4v) is 6.78. The summed E-state index contributed by atoms with van der Waals surface area (Å²) >= 11 is 0. The summed E-state index contributed by atoms with van der Waals surface area (Å²) in [6.07, 6.45) is 3.53. The highest BCUT2D eigenvalue weighted by molar-refractivity contribution is 7.89. The number of hydrogen-bond acceptors (Lipinski definition) is 4. The van der Waals surface area contributed by atoms with Gasteiger partial charge >= 0.3 is 0 Å². The minimum atomic E-state index is -3.66. The van der Waals surface area contributed by atoms with Crippen LogP contribution in [0.3, 0.4) is 0 Å². The Hall–Kier alpha value is -2.71. The maximum Gasteiger partial charge on any atom is 0.243 e. The molecule has 1 saturated heterocycles. The summed E-state index contributed by atoms with van der Waals surface area (Å²) in [6.45, 7) is 6.64. The highest BCUT2D eigenvalue weighted by Gasteiger charge is 2.40. The molecule has 2 amide bonds. The SMILES string of the molecule is Cc1cccc(NC(=O)C2CCN(S(=O)(=O)c3ccc4c(c3)C[C@@H](C)N4C(=O)C3CC3)CC2)c1C.